The second-order valence-corrected chi connectivity index (χ2v) is 4.53. The molecule has 2 heterocycles. The number of amides is 1. The Labute approximate surface area is 123 Å². The van der Waals surface area contributed by atoms with Crippen LogP contribution in [0.5, 0.6) is 0 Å². The molecule has 0 aliphatic rings. The molecule has 0 saturated carbocycles. The number of rotatable bonds is 6. The fourth-order valence-electron chi connectivity index (χ4n) is 1.80. The lowest BCUT2D eigenvalue weighted by molar-refractivity contribution is 0.0957. The number of aryl methyl sites for hydroxylation is 1. The minimum atomic E-state index is -0.220. The summed E-state index contributed by atoms with van der Waals surface area (Å²) in [7, 11) is 1.58. The summed E-state index contributed by atoms with van der Waals surface area (Å²) in [5.41, 5.74) is 0.359. The average molecular weight is 288 g/mol. The van der Waals surface area contributed by atoms with Crippen LogP contribution in [-0.2, 0) is 6.42 Å². The predicted octanol–water partition coefficient (Wildman–Crippen LogP) is 1.41. The van der Waals surface area contributed by atoms with Crippen LogP contribution in [0.1, 0.15) is 36.6 Å². The van der Waals surface area contributed by atoms with Crippen molar-refractivity contribution >= 4 is 11.7 Å². The van der Waals surface area contributed by atoms with Crippen molar-refractivity contribution in [3.05, 3.63) is 29.8 Å². The largest absolute Gasteiger partial charge is 0.370 e. The first-order valence-corrected chi connectivity index (χ1v) is 7.07. The third-order valence-corrected chi connectivity index (χ3v) is 2.91. The van der Waals surface area contributed by atoms with E-state index in [1.165, 1.54) is 0 Å². The van der Waals surface area contributed by atoms with Gasteiger partial charge in [-0.25, -0.2) is 14.6 Å². The van der Waals surface area contributed by atoms with Gasteiger partial charge in [0.1, 0.15) is 11.6 Å². The molecule has 2 rings (SSSR count). The predicted molar refractivity (Wildman–Crippen MR) is 80.7 cm³/mol. The van der Waals surface area contributed by atoms with Gasteiger partial charge in [0.15, 0.2) is 11.5 Å². The quantitative estimate of drug-likeness (QED) is 0.839. The van der Waals surface area contributed by atoms with Gasteiger partial charge in [-0.2, -0.15) is 5.10 Å². The lowest BCUT2D eigenvalue weighted by atomic mass is 10.4. The highest BCUT2D eigenvalue weighted by Crippen LogP contribution is 2.12. The van der Waals surface area contributed by atoms with Crippen molar-refractivity contribution in [2.45, 2.75) is 26.7 Å². The molecule has 0 radical (unpaired) electrons. The third-order valence-electron chi connectivity index (χ3n) is 2.91. The van der Waals surface area contributed by atoms with Crippen LogP contribution >= 0.6 is 0 Å². The number of nitrogens with one attached hydrogen (secondary N) is 2. The van der Waals surface area contributed by atoms with Crippen molar-refractivity contribution in [3.63, 3.8) is 0 Å². The molecule has 7 heteroatoms. The Hall–Kier alpha value is -2.44. The van der Waals surface area contributed by atoms with Crippen LogP contribution in [0.2, 0.25) is 0 Å². The topological polar surface area (TPSA) is 84.7 Å². The molecule has 112 valence electrons. The van der Waals surface area contributed by atoms with Gasteiger partial charge in [-0.1, -0.05) is 13.8 Å². The summed E-state index contributed by atoms with van der Waals surface area (Å²) in [4.78, 5) is 20.4. The summed E-state index contributed by atoms with van der Waals surface area (Å²) in [5.74, 6) is 1.94. The second kappa shape index (κ2) is 6.83. The van der Waals surface area contributed by atoms with Gasteiger partial charge in [-0.3, -0.25) is 4.79 Å². The number of nitrogens with zero attached hydrogens (tertiary/aromatic N) is 4. The minimum absolute atomic E-state index is 0.220. The maximum absolute atomic E-state index is 11.6. The van der Waals surface area contributed by atoms with Gasteiger partial charge in [0.05, 0.1) is 0 Å². The molecule has 1 amide bonds. The van der Waals surface area contributed by atoms with Crippen molar-refractivity contribution in [3.8, 4) is 5.82 Å². The first-order valence-electron chi connectivity index (χ1n) is 7.07. The molecule has 0 fully saturated rings. The van der Waals surface area contributed by atoms with Gasteiger partial charge in [0.25, 0.3) is 5.91 Å². The maximum atomic E-state index is 11.6. The molecule has 0 aromatic carbocycles. The number of aromatic nitrogens is 4. The molecule has 0 spiro atoms. The molecule has 0 atom stereocenters. The van der Waals surface area contributed by atoms with Crippen LogP contribution in [0.25, 0.3) is 5.82 Å². The number of carbonyl (C=O) groups is 1. The second-order valence-electron chi connectivity index (χ2n) is 4.53. The molecule has 2 aromatic rings. The van der Waals surface area contributed by atoms with E-state index in [1.807, 2.05) is 13.0 Å². The van der Waals surface area contributed by atoms with E-state index >= 15 is 0 Å². The normalized spacial score (nSPS) is 10.4. The lowest BCUT2D eigenvalue weighted by Gasteiger charge is -2.08. The molecule has 2 aromatic heterocycles. The Morgan fingerprint density at radius 1 is 1.33 bits per heavy atom. The summed E-state index contributed by atoms with van der Waals surface area (Å²) in [6.07, 6.45) is 3.47. The van der Waals surface area contributed by atoms with Crippen LogP contribution in [0.15, 0.2) is 18.3 Å². The first kappa shape index (κ1) is 15.0. The molecule has 2 N–H and O–H groups in total. The van der Waals surface area contributed by atoms with Crippen molar-refractivity contribution < 1.29 is 4.79 Å². The third kappa shape index (κ3) is 3.56. The molecule has 21 heavy (non-hydrogen) atoms. The summed E-state index contributed by atoms with van der Waals surface area (Å²) in [5, 5.41) is 10.0. The van der Waals surface area contributed by atoms with Crippen LogP contribution in [0.4, 0.5) is 5.82 Å². The van der Waals surface area contributed by atoms with Crippen molar-refractivity contribution in [2.24, 2.45) is 0 Å². The lowest BCUT2D eigenvalue weighted by Crippen LogP contribution is -2.18. The highest BCUT2D eigenvalue weighted by atomic mass is 16.1. The molecule has 7 nitrogen and oxygen atoms in total. The summed E-state index contributed by atoms with van der Waals surface area (Å²) in [6, 6.07) is 3.49. The summed E-state index contributed by atoms with van der Waals surface area (Å²) >= 11 is 0. The van der Waals surface area contributed by atoms with Crippen LogP contribution in [0.3, 0.4) is 0 Å². The van der Waals surface area contributed by atoms with Crippen molar-refractivity contribution in [1.82, 2.24) is 25.1 Å². The number of hydrogen-bond acceptors (Lipinski definition) is 5. The van der Waals surface area contributed by atoms with E-state index < -0.39 is 0 Å². The van der Waals surface area contributed by atoms with Crippen molar-refractivity contribution in [1.29, 1.82) is 0 Å². The van der Waals surface area contributed by atoms with E-state index in [-0.39, 0.29) is 5.91 Å². The van der Waals surface area contributed by atoms with E-state index in [0.29, 0.717) is 11.5 Å². The fourth-order valence-corrected chi connectivity index (χ4v) is 1.80. The van der Waals surface area contributed by atoms with E-state index in [1.54, 1.807) is 24.0 Å². The van der Waals surface area contributed by atoms with Gasteiger partial charge in [-0.05, 0) is 12.5 Å². The number of hydrogen-bond donors (Lipinski definition) is 2. The van der Waals surface area contributed by atoms with Gasteiger partial charge < -0.3 is 10.6 Å². The molecule has 0 saturated heterocycles. The number of anilines is 1. The Kier molecular flexibility index (Phi) is 4.86. The smallest absolute Gasteiger partial charge is 0.271 e. The van der Waals surface area contributed by atoms with E-state index in [9.17, 15) is 4.79 Å². The summed E-state index contributed by atoms with van der Waals surface area (Å²) in [6.45, 7) is 4.95. The highest BCUT2D eigenvalue weighted by molar-refractivity contribution is 5.91. The average Bonchev–Trinajstić information content (AvgIpc) is 3.01. The van der Waals surface area contributed by atoms with Crippen LogP contribution in [-0.4, -0.2) is 39.2 Å². The monoisotopic (exact) mass is 288 g/mol. The zero-order valence-corrected chi connectivity index (χ0v) is 12.6. The first-order chi connectivity index (χ1) is 10.2. The van der Waals surface area contributed by atoms with Gasteiger partial charge >= 0.3 is 0 Å². The zero-order valence-electron chi connectivity index (χ0n) is 12.6. The fraction of sp³-hybridized carbons (Fsp3) is 0.429. The zero-order chi connectivity index (χ0) is 15.2. The van der Waals surface area contributed by atoms with Gasteiger partial charge in [-0.15, -0.1) is 0 Å². The maximum Gasteiger partial charge on any atom is 0.271 e. The molecule has 0 aliphatic carbocycles. The van der Waals surface area contributed by atoms with Gasteiger partial charge in [0, 0.05) is 32.3 Å². The highest BCUT2D eigenvalue weighted by Gasteiger charge is 2.10. The minimum Gasteiger partial charge on any atom is -0.370 e. The standard InChI is InChI=1S/C14H20N6O/c1-4-7-16-12-9-13(18-11(5-2)17-12)20-8-6-10(19-20)14(21)15-3/h6,8-9H,4-5,7H2,1-3H3,(H,15,21)(H,16,17,18). The Morgan fingerprint density at radius 2 is 2.14 bits per heavy atom. The SMILES string of the molecule is CCCNc1cc(-n2ccc(C(=O)NC)n2)nc(CC)n1. The Morgan fingerprint density at radius 3 is 2.81 bits per heavy atom. The molecular weight excluding hydrogens is 268 g/mol. The Bertz CT molecular complexity index is 622. The van der Waals surface area contributed by atoms with E-state index in [0.717, 1.165) is 31.0 Å². The molecule has 0 bridgehead atoms. The summed E-state index contributed by atoms with van der Waals surface area (Å²) < 4.78 is 1.59. The molecule has 0 aliphatic heterocycles. The molecular formula is C14H20N6O. The van der Waals surface area contributed by atoms with Gasteiger partial charge in [0.2, 0.25) is 0 Å². The van der Waals surface area contributed by atoms with Crippen LogP contribution < -0.4 is 10.6 Å². The molecule has 0 unspecified atom stereocenters. The van der Waals surface area contributed by atoms with E-state index in [4.69, 9.17) is 0 Å². The van der Waals surface area contributed by atoms with Crippen LogP contribution in [0, 0.1) is 0 Å². The van der Waals surface area contributed by atoms with E-state index in [2.05, 4.69) is 32.6 Å². The number of carbonyl (C=O) groups excluding carboxylic acids is 1. The Balaban J connectivity index is 2.33. The van der Waals surface area contributed by atoms with Crippen molar-refractivity contribution in [2.75, 3.05) is 18.9 Å².